The molecular weight excluding hydrogens is 330 g/mol. The number of ether oxygens (including phenoxy) is 4. The maximum absolute atomic E-state index is 6.36. The zero-order valence-electron chi connectivity index (χ0n) is 14.2. The number of pyridine rings is 1. The number of aromatic nitrogens is 1. The van der Waals surface area contributed by atoms with Crippen molar-refractivity contribution in [3.05, 3.63) is 22.7 Å². The Kier molecular flexibility index (Phi) is 6.53. The summed E-state index contributed by atoms with van der Waals surface area (Å²) in [7, 11) is 6.35. The summed E-state index contributed by atoms with van der Waals surface area (Å²) in [5, 5.41) is 1.16. The van der Waals surface area contributed by atoms with Gasteiger partial charge in [-0.25, -0.2) is 4.98 Å². The van der Waals surface area contributed by atoms with Gasteiger partial charge in [-0.3, -0.25) is 0 Å². The van der Waals surface area contributed by atoms with E-state index in [2.05, 4.69) is 16.8 Å². The van der Waals surface area contributed by atoms with Gasteiger partial charge in [0.2, 0.25) is 5.88 Å². The highest BCUT2D eigenvalue weighted by Gasteiger charge is 2.18. The molecule has 0 fully saturated rings. The fourth-order valence-corrected chi connectivity index (χ4v) is 2.60. The van der Waals surface area contributed by atoms with Crippen molar-refractivity contribution < 1.29 is 18.9 Å². The summed E-state index contributed by atoms with van der Waals surface area (Å²) >= 11 is 6.36. The number of benzene rings is 1. The van der Waals surface area contributed by atoms with Crippen LogP contribution in [0.15, 0.2) is 12.1 Å². The molecule has 0 unspecified atom stereocenters. The van der Waals surface area contributed by atoms with Gasteiger partial charge >= 0.3 is 0 Å². The molecule has 1 aromatic heterocycles. The average Bonchev–Trinajstić information content (AvgIpc) is 2.61. The first-order chi connectivity index (χ1) is 11.7. The molecule has 0 spiro atoms. The Hall–Kier alpha value is -2.16. The van der Waals surface area contributed by atoms with Crippen LogP contribution in [0.3, 0.4) is 0 Å². The molecule has 0 saturated heterocycles. The van der Waals surface area contributed by atoms with Gasteiger partial charge in [0.1, 0.15) is 27.6 Å². The summed E-state index contributed by atoms with van der Waals surface area (Å²) in [4.78, 5) is 4.48. The number of hydrogen-bond donors (Lipinski definition) is 0. The van der Waals surface area contributed by atoms with Crippen LogP contribution in [0.1, 0.15) is 18.4 Å². The van der Waals surface area contributed by atoms with Crippen LogP contribution in [-0.2, 0) is 4.74 Å². The molecule has 0 saturated carbocycles. The number of halogens is 1. The van der Waals surface area contributed by atoms with Crippen molar-refractivity contribution in [2.45, 2.75) is 12.8 Å². The predicted octanol–water partition coefficient (Wildman–Crippen LogP) is 3.69. The third kappa shape index (κ3) is 3.66. The molecule has 0 N–H and O–H groups in total. The normalized spacial score (nSPS) is 10.2. The summed E-state index contributed by atoms with van der Waals surface area (Å²) < 4.78 is 21.2. The molecule has 0 atom stereocenters. The number of rotatable bonds is 6. The first-order valence-corrected chi connectivity index (χ1v) is 7.81. The Bertz CT molecular complexity index is 780. The van der Waals surface area contributed by atoms with Gasteiger partial charge in [0.25, 0.3) is 0 Å². The van der Waals surface area contributed by atoms with Crippen LogP contribution in [0.4, 0.5) is 0 Å². The summed E-state index contributed by atoms with van der Waals surface area (Å²) in [6.45, 7) is 0.675. The molecule has 0 amide bonds. The monoisotopic (exact) mass is 349 g/mol. The van der Waals surface area contributed by atoms with Gasteiger partial charge in [-0.2, -0.15) is 0 Å². The molecule has 0 aliphatic heterocycles. The maximum Gasteiger partial charge on any atom is 0.233 e. The summed E-state index contributed by atoms with van der Waals surface area (Å²) in [6, 6.07) is 3.62. The topological polar surface area (TPSA) is 49.8 Å². The number of unbranched alkanes of at least 4 members (excludes halogenated alkanes) is 1. The van der Waals surface area contributed by atoms with Gasteiger partial charge in [-0.1, -0.05) is 23.4 Å². The van der Waals surface area contributed by atoms with Crippen LogP contribution in [0.2, 0.25) is 5.02 Å². The van der Waals surface area contributed by atoms with Gasteiger partial charge in [-0.15, -0.1) is 0 Å². The van der Waals surface area contributed by atoms with E-state index in [0.29, 0.717) is 46.5 Å². The smallest absolute Gasteiger partial charge is 0.233 e. The highest BCUT2D eigenvalue weighted by molar-refractivity contribution is 6.36. The van der Waals surface area contributed by atoms with Gasteiger partial charge in [-0.05, 0) is 18.6 Å². The predicted molar refractivity (Wildman–Crippen MR) is 94.4 cm³/mol. The van der Waals surface area contributed by atoms with Crippen molar-refractivity contribution in [2.75, 3.05) is 35.0 Å². The lowest BCUT2D eigenvalue weighted by molar-refractivity contribution is 0.196. The Morgan fingerprint density at radius 2 is 1.88 bits per heavy atom. The molecule has 2 aromatic rings. The SMILES string of the molecule is COCCCC#Cc1c(OC)nc2c(Cl)c(OC)ccc2c1OC. The van der Waals surface area contributed by atoms with Crippen molar-refractivity contribution in [3.63, 3.8) is 0 Å². The second-order valence-corrected chi connectivity index (χ2v) is 5.28. The van der Waals surface area contributed by atoms with E-state index in [4.69, 9.17) is 30.5 Å². The van der Waals surface area contributed by atoms with E-state index in [-0.39, 0.29) is 0 Å². The highest BCUT2D eigenvalue weighted by atomic mass is 35.5. The molecular formula is C18H20ClNO4. The Morgan fingerprint density at radius 1 is 1.08 bits per heavy atom. The Balaban J connectivity index is 2.58. The van der Waals surface area contributed by atoms with E-state index < -0.39 is 0 Å². The molecule has 0 bridgehead atoms. The number of nitrogens with zero attached hydrogens (tertiary/aromatic N) is 1. The molecule has 0 aliphatic rings. The van der Waals surface area contributed by atoms with E-state index >= 15 is 0 Å². The Labute approximate surface area is 146 Å². The maximum atomic E-state index is 6.36. The van der Waals surface area contributed by atoms with Crippen molar-refractivity contribution in [2.24, 2.45) is 0 Å². The van der Waals surface area contributed by atoms with Crippen LogP contribution in [0.25, 0.3) is 10.9 Å². The molecule has 2 rings (SSSR count). The van der Waals surface area contributed by atoms with Crippen molar-refractivity contribution in [1.82, 2.24) is 4.98 Å². The molecule has 128 valence electrons. The largest absolute Gasteiger partial charge is 0.495 e. The third-order valence-electron chi connectivity index (χ3n) is 3.46. The standard InChI is InChI=1S/C18H20ClNO4/c1-21-11-7-5-6-8-13-17(23-3)12-9-10-14(22-2)15(19)16(12)20-18(13)24-4/h9-10H,5,7,11H2,1-4H3. The van der Waals surface area contributed by atoms with Crippen LogP contribution in [-0.4, -0.2) is 40.0 Å². The summed E-state index contributed by atoms with van der Waals surface area (Å²) in [5.41, 5.74) is 1.15. The Morgan fingerprint density at radius 3 is 2.50 bits per heavy atom. The second kappa shape index (κ2) is 8.62. The van der Waals surface area contributed by atoms with Crippen LogP contribution in [0, 0.1) is 11.8 Å². The minimum atomic E-state index is 0.369. The highest BCUT2D eigenvalue weighted by Crippen LogP contribution is 2.40. The molecule has 24 heavy (non-hydrogen) atoms. The zero-order chi connectivity index (χ0) is 17.5. The van der Waals surface area contributed by atoms with Crippen molar-refractivity contribution in [3.8, 4) is 29.2 Å². The van der Waals surface area contributed by atoms with Crippen LogP contribution in [0.5, 0.6) is 17.4 Å². The van der Waals surface area contributed by atoms with E-state index in [9.17, 15) is 0 Å². The fourth-order valence-electron chi connectivity index (χ4n) is 2.31. The lowest BCUT2D eigenvalue weighted by atomic mass is 10.1. The van der Waals surface area contributed by atoms with Gasteiger partial charge in [0.05, 0.1) is 21.3 Å². The first kappa shape index (κ1) is 18.2. The molecule has 1 heterocycles. The molecule has 1 aromatic carbocycles. The first-order valence-electron chi connectivity index (χ1n) is 7.43. The number of hydrogen-bond acceptors (Lipinski definition) is 5. The average molecular weight is 350 g/mol. The second-order valence-electron chi connectivity index (χ2n) is 4.91. The minimum absolute atomic E-state index is 0.369. The molecule has 0 radical (unpaired) electrons. The summed E-state index contributed by atoms with van der Waals surface area (Å²) in [5.74, 6) is 7.68. The molecule has 5 nitrogen and oxygen atoms in total. The summed E-state index contributed by atoms with van der Waals surface area (Å²) in [6.07, 6.45) is 1.57. The minimum Gasteiger partial charge on any atom is -0.495 e. The van der Waals surface area contributed by atoms with E-state index in [1.807, 2.05) is 6.07 Å². The molecule has 6 heteroatoms. The van der Waals surface area contributed by atoms with Crippen LogP contribution < -0.4 is 14.2 Å². The zero-order valence-corrected chi connectivity index (χ0v) is 15.0. The van der Waals surface area contributed by atoms with Crippen molar-refractivity contribution in [1.29, 1.82) is 0 Å². The van der Waals surface area contributed by atoms with E-state index in [1.165, 1.54) is 7.11 Å². The van der Waals surface area contributed by atoms with Crippen molar-refractivity contribution >= 4 is 22.5 Å². The van der Waals surface area contributed by atoms with Crippen LogP contribution >= 0.6 is 11.6 Å². The van der Waals surface area contributed by atoms with Gasteiger partial charge in [0, 0.05) is 25.5 Å². The number of methoxy groups -OCH3 is 4. The molecule has 0 aliphatic carbocycles. The quantitative estimate of drug-likeness (QED) is 0.588. The fraction of sp³-hybridized carbons (Fsp3) is 0.389. The van der Waals surface area contributed by atoms with Gasteiger partial charge in [0.15, 0.2) is 0 Å². The lowest BCUT2D eigenvalue weighted by Crippen LogP contribution is -1.99. The van der Waals surface area contributed by atoms with E-state index in [1.54, 1.807) is 27.4 Å². The lowest BCUT2D eigenvalue weighted by Gasteiger charge is -2.13. The number of fused-ring (bicyclic) bond motifs is 1. The van der Waals surface area contributed by atoms with E-state index in [0.717, 1.165) is 11.8 Å². The van der Waals surface area contributed by atoms with Gasteiger partial charge < -0.3 is 18.9 Å². The third-order valence-corrected chi connectivity index (χ3v) is 3.83.